The molecule has 90 valence electrons. The fourth-order valence-electron chi connectivity index (χ4n) is 1.31. The molecule has 0 amide bonds. The Morgan fingerprint density at radius 3 is 1.44 bits per heavy atom. The molecule has 2 N–H and O–H groups in total. The Balaban J connectivity index is 0.00000106. The lowest BCUT2D eigenvalue weighted by atomic mass is 10.2. The van der Waals surface area contributed by atoms with Crippen molar-refractivity contribution in [2.24, 2.45) is 0 Å². The van der Waals surface area contributed by atoms with Crippen LogP contribution in [0.5, 0.6) is 0 Å². The van der Waals surface area contributed by atoms with Gasteiger partial charge in [0.15, 0.2) is 0 Å². The monoisotopic (exact) mass is 224 g/mol. The molecule has 0 bridgehead atoms. The second kappa shape index (κ2) is 7.68. The molecular weight excluding hydrogens is 204 g/mol. The molecule has 0 saturated heterocycles. The third kappa shape index (κ3) is 3.53. The Morgan fingerprint density at radius 2 is 1.19 bits per heavy atom. The molecule has 0 spiro atoms. The molecule has 0 unspecified atom stereocenters. The van der Waals surface area contributed by atoms with Crippen molar-refractivity contribution in [3.05, 3.63) is 31.1 Å². The Bertz CT molecular complexity index is 474. The van der Waals surface area contributed by atoms with Crippen LogP contribution in [0.1, 0.15) is 40.5 Å². The summed E-state index contributed by atoms with van der Waals surface area (Å²) in [6, 6.07) is 0. The van der Waals surface area contributed by atoms with Crippen molar-refractivity contribution in [3.8, 4) is 0 Å². The van der Waals surface area contributed by atoms with Crippen molar-refractivity contribution in [1.29, 1.82) is 0 Å². The molecule has 0 aromatic carbocycles. The van der Waals surface area contributed by atoms with Crippen LogP contribution < -0.4 is 21.6 Å². The van der Waals surface area contributed by atoms with Gasteiger partial charge in [0.1, 0.15) is 0 Å². The molecule has 0 fully saturated rings. The van der Waals surface area contributed by atoms with Crippen LogP contribution in [0, 0.1) is 0 Å². The summed E-state index contributed by atoms with van der Waals surface area (Å²) in [5, 5.41) is 5.56. The van der Waals surface area contributed by atoms with Gasteiger partial charge >= 0.3 is 0 Å². The minimum atomic E-state index is -0.244. The van der Waals surface area contributed by atoms with Crippen molar-refractivity contribution in [1.82, 2.24) is 10.2 Å². The van der Waals surface area contributed by atoms with Gasteiger partial charge in [-0.3, -0.25) is 19.8 Å². The Hall–Kier alpha value is -1.58. The van der Waals surface area contributed by atoms with Gasteiger partial charge in [-0.15, -0.1) is 0 Å². The molecule has 1 aromatic rings. The van der Waals surface area contributed by atoms with E-state index in [4.69, 9.17) is 0 Å². The summed E-state index contributed by atoms with van der Waals surface area (Å²) in [5.41, 5.74) is -0.489. The molecule has 1 heterocycles. The highest BCUT2D eigenvalue weighted by atomic mass is 16.1. The third-order valence-corrected chi connectivity index (χ3v) is 1.89. The molecule has 0 saturated carbocycles. The number of nitrogens with one attached hydrogen (secondary N) is 2. The van der Waals surface area contributed by atoms with E-state index in [2.05, 4.69) is 10.2 Å². The minimum Gasteiger partial charge on any atom is -0.267 e. The van der Waals surface area contributed by atoms with Crippen LogP contribution >= 0.6 is 0 Å². The number of H-pyrrole nitrogens is 2. The molecule has 1 aromatic heterocycles. The number of hydrogen-bond donors (Lipinski definition) is 2. The second-order valence-corrected chi connectivity index (χ2v) is 2.96. The van der Waals surface area contributed by atoms with Gasteiger partial charge in [-0.1, -0.05) is 39.8 Å². The number of rotatable bonds is 2. The summed E-state index contributed by atoms with van der Waals surface area (Å²) in [6.07, 6.45) is 4.99. The maximum atomic E-state index is 11.4. The summed E-state index contributed by atoms with van der Waals surface area (Å²) in [4.78, 5) is 22.8. The SMILES string of the molecule is CC.CC/C=c1/c(=O)[nH][nH]c(=O)/c1=C/CC. The Morgan fingerprint density at radius 1 is 0.875 bits per heavy atom. The van der Waals surface area contributed by atoms with E-state index < -0.39 is 0 Å². The van der Waals surface area contributed by atoms with E-state index in [-0.39, 0.29) is 11.1 Å². The van der Waals surface area contributed by atoms with Gasteiger partial charge in [-0.2, -0.15) is 0 Å². The highest BCUT2D eigenvalue weighted by molar-refractivity contribution is 5.28. The topological polar surface area (TPSA) is 65.7 Å². The first-order valence-corrected chi connectivity index (χ1v) is 5.72. The zero-order valence-electron chi connectivity index (χ0n) is 10.4. The summed E-state index contributed by atoms with van der Waals surface area (Å²) in [5.74, 6) is 0. The van der Waals surface area contributed by atoms with Crippen molar-refractivity contribution in [2.75, 3.05) is 0 Å². The zero-order valence-corrected chi connectivity index (χ0v) is 10.4. The van der Waals surface area contributed by atoms with E-state index in [9.17, 15) is 9.59 Å². The lowest BCUT2D eigenvalue weighted by Gasteiger charge is -1.89. The molecule has 0 aliphatic rings. The number of aromatic nitrogens is 2. The highest BCUT2D eigenvalue weighted by Gasteiger charge is 1.94. The predicted molar refractivity (Wildman–Crippen MR) is 67.8 cm³/mol. The number of aromatic amines is 2. The zero-order chi connectivity index (χ0) is 12.6. The maximum Gasteiger partial charge on any atom is 0.270 e. The summed E-state index contributed by atoms with van der Waals surface area (Å²) in [7, 11) is 0. The van der Waals surface area contributed by atoms with E-state index in [1.165, 1.54) is 0 Å². The van der Waals surface area contributed by atoms with Crippen LogP contribution in [-0.4, -0.2) is 10.2 Å². The molecule has 1 rings (SSSR count). The Kier molecular flexibility index (Phi) is 6.92. The number of hydrogen-bond acceptors (Lipinski definition) is 2. The average molecular weight is 224 g/mol. The van der Waals surface area contributed by atoms with E-state index >= 15 is 0 Å². The quantitative estimate of drug-likeness (QED) is 0.767. The minimum absolute atomic E-state index is 0.244. The molecule has 0 atom stereocenters. The summed E-state index contributed by atoms with van der Waals surface area (Å²) >= 11 is 0. The molecule has 4 nitrogen and oxygen atoms in total. The van der Waals surface area contributed by atoms with Crippen molar-refractivity contribution >= 4 is 12.2 Å². The smallest absolute Gasteiger partial charge is 0.267 e. The van der Waals surface area contributed by atoms with Gasteiger partial charge in [-0.25, -0.2) is 0 Å². The average Bonchev–Trinajstić information content (AvgIpc) is 2.31. The van der Waals surface area contributed by atoms with Crippen LogP contribution in [0.3, 0.4) is 0 Å². The largest absolute Gasteiger partial charge is 0.270 e. The molecule has 16 heavy (non-hydrogen) atoms. The first-order chi connectivity index (χ1) is 7.70. The molecule has 0 aliphatic heterocycles. The van der Waals surface area contributed by atoms with Gasteiger partial charge < -0.3 is 0 Å². The van der Waals surface area contributed by atoms with Gasteiger partial charge in [0.25, 0.3) is 11.1 Å². The van der Waals surface area contributed by atoms with Gasteiger partial charge in [0, 0.05) is 10.4 Å². The van der Waals surface area contributed by atoms with Gasteiger partial charge in [-0.05, 0) is 12.8 Å². The first kappa shape index (κ1) is 14.4. The van der Waals surface area contributed by atoms with Crippen molar-refractivity contribution < 1.29 is 0 Å². The molecule has 0 aliphatic carbocycles. The van der Waals surface area contributed by atoms with E-state index in [0.29, 0.717) is 10.4 Å². The molecule has 0 radical (unpaired) electrons. The highest BCUT2D eigenvalue weighted by Crippen LogP contribution is 1.72. The summed E-state index contributed by atoms with van der Waals surface area (Å²) < 4.78 is 0. The molecular formula is C12H20N2O2. The van der Waals surface area contributed by atoms with Crippen molar-refractivity contribution in [3.63, 3.8) is 0 Å². The summed E-state index contributed by atoms with van der Waals surface area (Å²) in [6.45, 7) is 7.85. The Labute approximate surface area is 94.7 Å². The van der Waals surface area contributed by atoms with Gasteiger partial charge in [0.2, 0.25) is 0 Å². The van der Waals surface area contributed by atoms with Crippen molar-refractivity contribution in [2.45, 2.75) is 40.5 Å². The van der Waals surface area contributed by atoms with Crippen LogP contribution in [0.15, 0.2) is 9.59 Å². The van der Waals surface area contributed by atoms with Crippen LogP contribution in [0.25, 0.3) is 12.2 Å². The lowest BCUT2D eigenvalue weighted by Crippen LogP contribution is -2.51. The fraction of sp³-hybridized carbons (Fsp3) is 0.500. The predicted octanol–water partition coefficient (Wildman–Crippen LogP) is 0.470. The van der Waals surface area contributed by atoms with E-state index in [0.717, 1.165) is 12.8 Å². The van der Waals surface area contributed by atoms with Crippen LogP contribution in [0.4, 0.5) is 0 Å². The normalized spacial score (nSPS) is 12.2. The van der Waals surface area contributed by atoms with Gasteiger partial charge in [0.05, 0.1) is 0 Å². The van der Waals surface area contributed by atoms with Crippen LogP contribution in [0.2, 0.25) is 0 Å². The van der Waals surface area contributed by atoms with E-state index in [1.807, 2.05) is 27.7 Å². The second-order valence-electron chi connectivity index (χ2n) is 2.96. The first-order valence-electron chi connectivity index (χ1n) is 5.72. The third-order valence-electron chi connectivity index (χ3n) is 1.89. The standard InChI is InChI=1S/C10H14N2O2.C2H6/c1-3-5-7-8(6-4-2)10(14)12-11-9(7)13;1-2/h5-6H,3-4H2,1-2H3,(H,11,13)(H,12,14);1-2H3/b7-5+,8-6+;. The lowest BCUT2D eigenvalue weighted by molar-refractivity contribution is 0.920. The van der Waals surface area contributed by atoms with Crippen LogP contribution in [-0.2, 0) is 0 Å². The molecule has 4 heteroatoms. The van der Waals surface area contributed by atoms with E-state index in [1.54, 1.807) is 12.2 Å². The fourth-order valence-corrected chi connectivity index (χ4v) is 1.31. The maximum absolute atomic E-state index is 11.4.